The molecular weight excluding hydrogens is 458 g/mol. The fourth-order valence-electron chi connectivity index (χ4n) is 4.10. The van der Waals surface area contributed by atoms with Gasteiger partial charge in [0.05, 0.1) is 26.4 Å². The Morgan fingerprint density at radius 3 is 2.76 bits per heavy atom. The topological polar surface area (TPSA) is 50.1 Å². The van der Waals surface area contributed by atoms with Gasteiger partial charge in [0, 0.05) is 42.3 Å². The molecule has 4 rings (SSSR count). The number of hydrogen-bond acceptors (Lipinski definition) is 5. The summed E-state index contributed by atoms with van der Waals surface area (Å²) in [6, 6.07) is 15.5. The van der Waals surface area contributed by atoms with E-state index in [2.05, 4.69) is 28.1 Å². The standard InChI is InChI=1S/C25H30ClN3O3S/c1-18(23-16-19-6-3-9-22(30-2)24(19)32-23)29(11-5-10-28-12-14-31-15-13-28)25(33)27-21-8-4-7-20(26)17-21/h3-4,6-9,16-18H,5,10-15H2,1-2H3,(H,27,33)/t18-/m1/s1. The van der Waals surface area contributed by atoms with Crippen LogP contribution in [0, 0.1) is 0 Å². The first-order valence-corrected chi connectivity index (χ1v) is 12.0. The van der Waals surface area contributed by atoms with E-state index in [0.29, 0.717) is 10.1 Å². The Morgan fingerprint density at radius 2 is 2.00 bits per heavy atom. The molecule has 1 aliphatic rings. The molecule has 1 saturated heterocycles. The van der Waals surface area contributed by atoms with E-state index >= 15 is 0 Å². The number of para-hydroxylation sites is 1. The average molecular weight is 488 g/mol. The Kier molecular flexibility index (Phi) is 8.09. The molecule has 2 aromatic carbocycles. The Hall–Kier alpha value is -2.32. The van der Waals surface area contributed by atoms with Crippen molar-refractivity contribution in [3.8, 4) is 5.75 Å². The van der Waals surface area contributed by atoms with Gasteiger partial charge in [0.2, 0.25) is 0 Å². The molecule has 0 aliphatic carbocycles. The van der Waals surface area contributed by atoms with Crippen LogP contribution in [0.15, 0.2) is 52.9 Å². The van der Waals surface area contributed by atoms with Gasteiger partial charge in [-0.25, -0.2) is 0 Å². The third kappa shape index (κ3) is 5.98. The number of halogens is 1. The molecule has 0 bridgehead atoms. The lowest BCUT2D eigenvalue weighted by atomic mass is 10.2. The Labute approximate surface area is 205 Å². The summed E-state index contributed by atoms with van der Waals surface area (Å²) in [5.74, 6) is 1.57. The minimum absolute atomic E-state index is 0.0639. The van der Waals surface area contributed by atoms with Crippen molar-refractivity contribution < 1.29 is 13.9 Å². The predicted molar refractivity (Wildman–Crippen MR) is 137 cm³/mol. The average Bonchev–Trinajstić information content (AvgIpc) is 3.27. The van der Waals surface area contributed by atoms with Crippen molar-refractivity contribution in [2.75, 3.05) is 51.8 Å². The highest BCUT2D eigenvalue weighted by Crippen LogP contribution is 2.33. The summed E-state index contributed by atoms with van der Waals surface area (Å²) >= 11 is 12.0. The molecule has 1 N–H and O–H groups in total. The van der Waals surface area contributed by atoms with Crippen molar-refractivity contribution in [3.63, 3.8) is 0 Å². The van der Waals surface area contributed by atoms with Crippen molar-refractivity contribution in [2.24, 2.45) is 0 Å². The van der Waals surface area contributed by atoms with Gasteiger partial charge in [-0.1, -0.05) is 29.8 Å². The fraction of sp³-hybridized carbons (Fsp3) is 0.400. The van der Waals surface area contributed by atoms with E-state index < -0.39 is 0 Å². The number of furan rings is 1. The lowest BCUT2D eigenvalue weighted by molar-refractivity contribution is 0.0365. The van der Waals surface area contributed by atoms with Crippen LogP contribution < -0.4 is 10.1 Å². The van der Waals surface area contributed by atoms with Crippen LogP contribution in [0.1, 0.15) is 25.1 Å². The van der Waals surface area contributed by atoms with E-state index in [1.54, 1.807) is 7.11 Å². The number of fused-ring (bicyclic) bond motifs is 1. The molecule has 8 heteroatoms. The number of hydrogen-bond donors (Lipinski definition) is 1. The van der Waals surface area contributed by atoms with E-state index in [1.165, 1.54) is 0 Å². The molecule has 3 aromatic rings. The maximum Gasteiger partial charge on any atom is 0.176 e. The molecule has 1 fully saturated rings. The van der Waals surface area contributed by atoms with Crippen molar-refractivity contribution in [1.82, 2.24) is 9.80 Å². The first-order valence-electron chi connectivity index (χ1n) is 11.2. The predicted octanol–water partition coefficient (Wildman–Crippen LogP) is 5.58. The van der Waals surface area contributed by atoms with Gasteiger partial charge >= 0.3 is 0 Å². The molecule has 0 amide bonds. The monoisotopic (exact) mass is 487 g/mol. The van der Waals surface area contributed by atoms with Crippen LogP contribution in [0.25, 0.3) is 11.0 Å². The van der Waals surface area contributed by atoms with Gasteiger partial charge < -0.3 is 24.1 Å². The van der Waals surface area contributed by atoms with Gasteiger partial charge in [0.25, 0.3) is 0 Å². The van der Waals surface area contributed by atoms with Gasteiger partial charge in [0.15, 0.2) is 16.4 Å². The summed E-state index contributed by atoms with van der Waals surface area (Å²) in [5.41, 5.74) is 1.62. The van der Waals surface area contributed by atoms with Crippen molar-refractivity contribution in [1.29, 1.82) is 0 Å². The van der Waals surface area contributed by atoms with Crippen LogP contribution in [0.3, 0.4) is 0 Å². The van der Waals surface area contributed by atoms with Crippen LogP contribution in [0.4, 0.5) is 5.69 Å². The second-order valence-corrected chi connectivity index (χ2v) is 8.97. The highest BCUT2D eigenvalue weighted by atomic mass is 35.5. The zero-order valence-corrected chi connectivity index (χ0v) is 20.6. The molecule has 33 heavy (non-hydrogen) atoms. The molecule has 2 heterocycles. The second-order valence-electron chi connectivity index (χ2n) is 8.14. The summed E-state index contributed by atoms with van der Waals surface area (Å²) in [5, 5.41) is 5.67. The highest BCUT2D eigenvalue weighted by molar-refractivity contribution is 7.80. The van der Waals surface area contributed by atoms with Crippen LogP contribution in [-0.2, 0) is 4.74 Å². The van der Waals surface area contributed by atoms with Gasteiger partial charge in [-0.2, -0.15) is 0 Å². The summed E-state index contributed by atoms with van der Waals surface area (Å²) in [6.07, 6.45) is 0.977. The summed E-state index contributed by atoms with van der Waals surface area (Å²) < 4.78 is 17.2. The molecule has 176 valence electrons. The lowest BCUT2D eigenvalue weighted by Gasteiger charge is -2.32. The number of ether oxygens (including phenoxy) is 2. The smallest absolute Gasteiger partial charge is 0.176 e. The molecule has 0 saturated carbocycles. The molecule has 1 atom stereocenters. The van der Waals surface area contributed by atoms with Gasteiger partial charge in [-0.3, -0.25) is 4.90 Å². The van der Waals surface area contributed by atoms with Crippen LogP contribution in [-0.4, -0.2) is 61.4 Å². The normalized spacial score (nSPS) is 15.4. The molecule has 0 spiro atoms. The number of nitrogens with one attached hydrogen (secondary N) is 1. The number of methoxy groups -OCH3 is 1. The zero-order chi connectivity index (χ0) is 23.2. The first kappa shape index (κ1) is 23.8. The van der Waals surface area contributed by atoms with E-state index in [0.717, 1.165) is 74.0 Å². The quantitative estimate of drug-likeness (QED) is 0.416. The molecule has 0 radical (unpaired) electrons. The largest absolute Gasteiger partial charge is 0.493 e. The van der Waals surface area contributed by atoms with E-state index in [-0.39, 0.29) is 6.04 Å². The maximum atomic E-state index is 6.25. The van der Waals surface area contributed by atoms with Gasteiger partial charge in [-0.15, -0.1) is 0 Å². The van der Waals surface area contributed by atoms with Gasteiger partial charge in [-0.05, 0) is 55.9 Å². The van der Waals surface area contributed by atoms with E-state index in [9.17, 15) is 0 Å². The fourth-order valence-corrected chi connectivity index (χ4v) is 4.66. The summed E-state index contributed by atoms with van der Waals surface area (Å²) in [6.45, 7) is 7.46. The lowest BCUT2D eigenvalue weighted by Crippen LogP contribution is -2.41. The number of benzene rings is 2. The molecule has 1 aromatic heterocycles. The minimum Gasteiger partial charge on any atom is -0.493 e. The van der Waals surface area contributed by atoms with E-state index in [4.69, 9.17) is 37.7 Å². The first-order chi connectivity index (χ1) is 16.0. The molecule has 1 aliphatic heterocycles. The third-order valence-corrected chi connectivity index (χ3v) is 6.51. The third-order valence-electron chi connectivity index (χ3n) is 5.94. The SMILES string of the molecule is COc1cccc2cc([C@@H](C)N(CCCN3CCOCC3)C(=S)Nc3cccc(Cl)c3)oc12. The molecular formula is C25H30ClN3O3S. The Bertz CT molecular complexity index is 1080. The van der Waals surface area contributed by atoms with E-state index in [1.807, 2.05) is 42.5 Å². The Morgan fingerprint density at radius 1 is 1.21 bits per heavy atom. The number of thiocarbonyl (C=S) groups is 1. The van der Waals surface area contributed by atoms with Crippen molar-refractivity contribution in [2.45, 2.75) is 19.4 Å². The molecule has 0 unspecified atom stereocenters. The number of anilines is 1. The maximum absolute atomic E-state index is 6.25. The van der Waals surface area contributed by atoms with Crippen molar-refractivity contribution in [3.05, 3.63) is 59.3 Å². The number of nitrogens with zero attached hydrogens (tertiary/aromatic N) is 2. The minimum atomic E-state index is -0.0639. The summed E-state index contributed by atoms with van der Waals surface area (Å²) in [4.78, 5) is 4.62. The number of rotatable bonds is 8. The molecule has 6 nitrogen and oxygen atoms in total. The Balaban J connectivity index is 1.53. The number of morpholine rings is 1. The van der Waals surface area contributed by atoms with Crippen LogP contribution >= 0.6 is 23.8 Å². The van der Waals surface area contributed by atoms with Crippen LogP contribution in [0.2, 0.25) is 5.02 Å². The summed E-state index contributed by atoms with van der Waals surface area (Å²) in [7, 11) is 1.66. The van der Waals surface area contributed by atoms with Crippen molar-refractivity contribution >= 4 is 45.6 Å². The highest BCUT2D eigenvalue weighted by Gasteiger charge is 2.23. The van der Waals surface area contributed by atoms with Gasteiger partial charge in [0.1, 0.15) is 5.76 Å². The zero-order valence-electron chi connectivity index (χ0n) is 19.1. The second kappa shape index (κ2) is 11.2. The van der Waals surface area contributed by atoms with Crippen LogP contribution in [0.5, 0.6) is 5.75 Å².